The second-order valence-electron chi connectivity index (χ2n) is 5.09. The van der Waals surface area contributed by atoms with Crippen LogP contribution in [0.2, 0.25) is 5.15 Å². The monoisotopic (exact) mass is 255 g/mol. The average molecular weight is 256 g/mol. The van der Waals surface area contributed by atoms with Crippen LogP contribution in [0.25, 0.3) is 0 Å². The molecule has 4 nitrogen and oxygen atoms in total. The van der Waals surface area contributed by atoms with Crippen LogP contribution in [0.1, 0.15) is 27.2 Å². The fourth-order valence-corrected chi connectivity index (χ4v) is 1.37. The van der Waals surface area contributed by atoms with Crippen molar-refractivity contribution < 1.29 is 4.79 Å². The zero-order valence-corrected chi connectivity index (χ0v) is 11.1. The number of aromatic nitrogens is 1. The number of hydrogen-bond donors (Lipinski definition) is 2. The van der Waals surface area contributed by atoms with Gasteiger partial charge in [0.2, 0.25) is 5.91 Å². The van der Waals surface area contributed by atoms with Crippen molar-refractivity contribution in [2.45, 2.75) is 33.2 Å². The number of amides is 1. The van der Waals surface area contributed by atoms with Crippen LogP contribution in [-0.4, -0.2) is 16.9 Å². The van der Waals surface area contributed by atoms with Crippen molar-refractivity contribution in [2.24, 2.45) is 11.1 Å². The Morgan fingerprint density at radius 3 is 2.76 bits per heavy atom. The number of carbonyl (C=O) groups is 1. The summed E-state index contributed by atoms with van der Waals surface area (Å²) in [6.07, 6.45) is 1.82. The fraction of sp³-hybridized carbons (Fsp3) is 0.500. The van der Waals surface area contributed by atoms with Gasteiger partial charge in [0.25, 0.3) is 0 Å². The molecule has 3 N–H and O–H groups in total. The minimum atomic E-state index is -0.181. The van der Waals surface area contributed by atoms with E-state index < -0.39 is 0 Å². The Labute approximate surface area is 107 Å². The van der Waals surface area contributed by atoms with E-state index >= 15 is 0 Å². The molecule has 0 aliphatic rings. The second kappa shape index (κ2) is 5.47. The van der Waals surface area contributed by atoms with E-state index in [2.05, 4.69) is 10.3 Å². The molecule has 0 saturated carbocycles. The molecule has 1 aromatic rings. The molecule has 0 aromatic carbocycles. The zero-order chi connectivity index (χ0) is 13.1. The third kappa shape index (κ3) is 4.71. The summed E-state index contributed by atoms with van der Waals surface area (Å²) in [5.41, 5.74) is 6.48. The summed E-state index contributed by atoms with van der Waals surface area (Å²) >= 11 is 5.72. The molecule has 1 unspecified atom stereocenters. The van der Waals surface area contributed by atoms with Crippen molar-refractivity contribution in [3.8, 4) is 0 Å². The largest absolute Gasteiger partial charge is 0.327 e. The molecular formula is C12H18ClN3O. The van der Waals surface area contributed by atoms with Gasteiger partial charge in [0.1, 0.15) is 5.15 Å². The minimum Gasteiger partial charge on any atom is -0.327 e. The molecule has 0 aliphatic carbocycles. The maximum Gasteiger partial charge on any atom is 0.225 e. The lowest BCUT2D eigenvalue weighted by Crippen LogP contribution is -2.38. The minimum absolute atomic E-state index is 0.0901. The van der Waals surface area contributed by atoms with E-state index in [4.69, 9.17) is 17.3 Å². The highest BCUT2D eigenvalue weighted by Crippen LogP contribution is 2.20. The van der Waals surface area contributed by atoms with Gasteiger partial charge in [-0.05, 0) is 17.5 Å². The van der Waals surface area contributed by atoms with Crippen molar-refractivity contribution in [2.75, 3.05) is 5.32 Å². The van der Waals surface area contributed by atoms with Crippen LogP contribution < -0.4 is 11.1 Å². The molecule has 0 fully saturated rings. The first-order valence-electron chi connectivity index (χ1n) is 5.46. The first-order valence-corrected chi connectivity index (χ1v) is 5.84. The molecule has 0 aliphatic heterocycles. The first kappa shape index (κ1) is 13.9. The Morgan fingerprint density at radius 1 is 1.59 bits per heavy atom. The summed E-state index contributed by atoms with van der Waals surface area (Å²) in [5.74, 6) is -0.116. The van der Waals surface area contributed by atoms with E-state index in [9.17, 15) is 4.79 Å². The molecular weight excluding hydrogens is 238 g/mol. The lowest BCUT2D eigenvalue weighted by Gasteiger charge is -2.26. The summed E-state index contributed by atoms with van der Waals surface area (Å²) < 4.78 is 0. The molecule has 0 saturated heterocycles. The van der Waals surface area contributed by atoms with Gasteiger partial charge in [0.15, 0.2) is 0 Å². The quantitative estimate of drug-likeness (QED) is 0.815. The Morgan fingerprint density at radius 2 is 2.24 bits per heavy atom. The Bertz CT molecular complexity index is 401. The third-order valence-electron chi connectivity index (χ3n) is 2.53. The number of hydrogen-bond acceptors (Lipinski definition) is 3. The highest BCUT2D eigenvalue weighted by molar-refractivity contribution is 6.29. The van der Waals surface area contributed by atoms with Crippen molar-refractivity contribution in [3.05, 3.63) is 23.5 Å². The number of pyridine rings is 1. The molecule has 0 spiro atoms. The van der Waals surface area contributed by atoms with Gasteiger partial charge in [0, 0.05) is 24.3 Å². The van der Waals surface area contributed by atoms with Gasteiger partial charge in [-0.25, -0.2) is 4.98 Å². The van der Waals surface area contributed by atoms with Gasteiger partial charge in [0.05, 0.1) is 0 Å². The Hall–Kier alpha value is -1.13. The van der Waals surface area contributed by atoms with Crippen LogP contribution in [0.4, 0.5) is 5.69 Å². The predicted molar refractivity (Wildman–Crippen MR) is 69.9 cm³/mol. The van der Waals surface area contributed by atoms with E-state index in [1.165, 1.54) is 0 Å². The number of carbonyl (C=O) groups excluding carboxylic acids is 1. The number of anilines is 1. The molecule has 5 heteroatoms. The number of rotatable bonds is 3. The van der Waals surface area contributed by atoms with Crippen molar-refractivity contribution >= 4 is 23.2 Å². The summed E-state index contributed by atoms with van der Waals surface area (Å²) in [5, 5.41) is 3.09. The van der Waals surface area contributed by atoms with Gasteiger partial charge < -0.3 is 11.1 Å². The lowest BCUT2D eigenvalue weighted by atomic mass is 9.85. The topological polar surface area (TPSA) is 68.0 Å². The van der Waals surface area contributed by atoms with Crippen LogP contribution in [-0.2, 0) is 4.79 Å². The maximum atomic E-state index is 11.7. The fourth-order valence-electron chi connectivity index (χ4n) is 1.20. The molecule has 0 radical (unpaired) electrons. The maximum absolute atomic E-state index is 11.7. The van der Waals surface area contributed by atoms with Gasteiger partial charge in [-0.3, -0.25) is 4.79 Å². The normalized spacial score (nSPS) is 13.2. The predicted octanol–water partition coefficient (Wildman–Crippen LogP) is 2.44. The van der Waals surface area contributed by atoms with Gasteiger partial charge >= 0.3 is 0 Å². The van der Waals surface area contributed by atoms with E-state index in [0.717, 1.165) is 0 Å². The van der Waals surface area contributed by atoms with Crippen molar-refractivity contribution in [1.29, 1.82) is 0 Å². The van der Waals surface area contributed by atoms with Crippen LogP contribution in [0.15, 0.2) is 18.3 Å². The second-order valence-corrected chi connectivity index (χ2v) is 5.48. The lowest BCUT2D eigenvalue weighted by molar-refractivity contribution is -0.117. The van der Waals surface area contributed by atoms with Crippen LogP contribution in [0, 0.1) is 5.41 Å². The standard InChI is InChI=1S/C12H18ClN3O/c1-12(2,3)9(14)7-11(17)16-8-4-5-15-10(13)6-8/h4-6,9H,7,14H2,1-3H3,(H,15,16,17). The summed E-state index contributed by atoms with van der Waals surface area (Å²) in [4.78, 5) is 15.6. The van der Waals surface area contributed by atoms with Crippen molar-refractivity contribution in [1.82, 2.24) is 4.98 Å². The number of nitrogens with zero attached hydrogens (tertiary/aromatic N) is 1. The van der Waals surface area contributed by atoms with E-state index in [1.807, 2.05) is 20.8 Å². The third-order valence-corrected chi connectivity index (χ3v) is 2.73. The van der Waals surface area contributed by atoms with Gasteiger partial charge in [-0.1, -0.05) is 32.4 Å². The molecule has 17 heavy (non-hydrogen) atoms. The highest BCUT2D eigenvalue weighted by atomic mass is 35.5. The van der Waals surface area contributed by atoms with Crippen LogP contribution in [0.5, 0.6) is 0 Å². The number of nitrogens with one attached hydrogen (secondary N) is 1. The van der Waals surface area contributed by atoms with Crippen LogP contribution in [0.3, 0.4) is 0 Å². The van der Waals surface area contributed by atoms with E-state index in [1.54, 1.807) is 18.3 Å². The molecule has 1 aromatic heterocycles. The van der Waals surface area contributed by atoms with E-state index in [0.29, 0.717) is 10.8 Å². The molecule has 0 bridgehead atoms. The van der Waals surface area contributed by atoms with Gasteiger partial charge in [-0.2, -0.15) is 0 Å². The summed E-state index contributed by atoms with van der Waals surface area (Å²) in [6, 6.07) is 3.11. The molecule has 1 atom stereocenters. The molecule has 1 heterocycles. The first-order chi connectivity index (χ1) is 7.79. The summed E-state index contributed by atoms with van der Waals surface area (Å²) in [6.45, 7) is 6.02. The van der Waals surface area contributed by atoms with Gasteiger partial charge in [-0.15, -0.1) is 0 Å². The number of nitrogens with two attached hydrogens (primary N) is 1. The Kier molecular flexibility index (Phi) is 4.48. The molecule has 1 amide bonds. The number of halogens is 1. The molecule has 1 rings (SSSR count). The van der Waals surface area contributed by atoms with E-state index in [-0.39, 0.29) is 23.8 Å². The highest BCUT2D eigenvalue weighted by Gasteiger charge is 2.23. The van der Waals surface area contributed by atoms with Crippen molar-refractivity contribution in [3.63, 3.8) is 0 Å². The average Bonchev–Trinajstić information content (AvgIpc) is 2.15. The Balaban J connectivity index is 2.56. The smallest absolute Gasteiger partial charge is 0.225 e. The summed E-state index contributed by atoms with van der Waals surface area (Å²) in [7, 11) is 0. The SMILES string of the molecule is CC(C)(C)C(N)CC(=O)Nc1ccnc(Cl)c1. The molecule has 94 valence electrons. The van der Waals surface area contributed by atoms with Crippen LogP contribution >= 0.6 is 11.6 Å². The zero-order valence-electron chi connectivity index (χ0n) is 10.3.